The first kappa shape index (κ1) is 15.6. The van der Waals surface area contributed by atoms with Crippen LogP contribution < -0.4 is 5.73 Å². The van der Waals surface area contributed by atoms with Gasteiger partial charge in [-0.1, -0.05) is 11.6 Å². The molecule has 1 aromatic heterocycles. The Morgan fingerprint density at radius 2 is 2.29 bits per heavy atom. The summed E-state index contributed by atoms with van der Waals surface area (Å²) >= 11 is 5.90. The molecule has 0 unspecified atom stereocenters. The minimum absolute atomic E-state index is 0.00605. The average Bonchev–Trinajstić information content (AvgIpc) is 3.04. The Labute approximate surface area is 126 Å². The number of hydrogen-bond donors (Lipinski definition) is 1. The summed E-state index contributed by atoms with van der Waals surface area (Å²) in [6, 6.07) is 0.0432. The van der Waals surface area contributed by atoms with Crippen molar-refractivity contribution in [2.45, 2.75) is 31.8 Å². The van der Waals surface area contributed by atoms with Crippen LogP contribution in [0.4, 0.5) is 0 Å². The van der Waals surface area contributed by atoms with E-state index in [1.807, 2.05) is 0 Å². The molecule has 1 atom stereocenters. The molecule has 8 nitrogen and oxygen atoms in total. The Morgan fingerprint density at radius 1 is 1.52 bits per heavy atom. The highest BCUT2D eigenvalue weighted by Crippen LogP contribution is 2.15. The lowest BCUT2D eigenvalue weighted by molar-refractivity contribution is -0.130. The molecule has 2 heterocycles. The third-order valence-electron chi connectivity index (χ3n) is 3.42. The zero-order chi connectivity index (χ0) is 15.4. The zero-order valence-electron chi connectivity index (χ0n) is 11.4. The first-order valence-electron chi connectivity index (χ1n) is 6.60. The van der Waals surface area contributed by atoms with Crippen molar-refractivity contribution in [1.82, 2.24) is 14.5 Å². The van der Waals surface area contributed by atoms with E-state index in [2.05, 4.69) is 10.2 Å². The molecule has 114 valence electrons. The quantitative estimate of drug-likeness (QED) is 0.787. The molecular weight excluding hydrogens is 298 g/mol. The van der Waals surface area contributed by atoms with Gasteiger partial charge < -0.3 is 15.2 Å². The fourth-order valence-electron chi connectivity index (χ4n) is 2.31. The van der Waals surface area contributed by atoms with Crippen molar-refractivity contribution < 1.29 is 9.59 Å². The summed E-state index contributed by atoms with van der Waals surface area (Å²) in [5.41, 5.74) is 5.76. The molecule has 0 saturated carbocycles. The van der Waals surface area contributed by atoms with Gasteiger partial charge in [0.15, 0.2) is 0 Å². The number of aromatic nitrogens is 2. The van der Waals surface area contributed by atoms with Crippen LogP contribution in [0.5, 0.6) is 0 Å². The number of hydrogen-bond acceptors (Lipinski definition) is 5. The van der Waals surface area contributed by atoms with E-state index in [0.717, 1.165) is 6.42 Å². The van der Waals surface area contributed by atoms with Gasteiger partial charge in [0.05, 0.1) is 6.20 Å². The van der Waals surface area contributed by atoms with Gasteiger partial charge in [-0.3, -0.25) is 9.59 Å². The highest BCUT2D eigenvalue weighted by molar-refractivity contribution is 6.29. The molecule has 1 aromatic rings. The lowest BCUT2D eigenvalue weighted by Gasteiger charge is -2.15. The number of aryl methyl sites for hydroxylation is 1. The van der Waals surface area contributed by atoms with Crippen LogP contribution in [0.2, 0.25) is 5.15 Å². The van der Waals surface area contributed by atoms with Crippen LogP contribution >= 0.6 is 11.6 Å². The van der Waals surface area contributed by atoms with Crippen LogP contribution in [0, 0.1) is 4.91 Å². The topological polar surface area (TPSA) is 111 Å². The molecule has 0 bridgehead atoms. The first-order valence-corrected chi connectivity index (χ1v) is 6.98. The number of imidazole rings is 1. The summed E-state index contributed by atoms with van der Waals surface area (Å²) in [5, 5.41) is 2.56. The number of nitroso groups, excluding NO2 is 1. The largest absolute Gasteiger partial charge is 0.341 e. The fourth-order valence-corrected chi connectivity index (χ4v) is 2.52. The lowest BCUT2D eigenvalue weighted by atomic mass is 10.2. The molecule has 2 N–H and O–H groups in total. The summed E-state index contributed by atoms with van der Waals surface area (Å²) in [5.74, 6) is -0.365. The van der Waals surface area contributed by atoms with E-state index in [-0.39, 0.29) is 30.1 Å². The Balaban J connectivity index is 1.95. The summed E-state index contributed by atoms with van der Waals surface area (Å²) in [6.07, 6.45) is 2.78. The van der Waals surface area contributed by atoms with E-state index in [4.69, 9.17) is 17.3 Å². The van der Waals surface area contributed by atoms with Gasteiger partial charge in [-0.2, -0.15) is 0 Å². The van der Waals surface area contributed by atoms with Gasteiger partial charge in [-0.15, -0.1) is 4.91 Å². The van der Waals surface area contributed by atoms with Gasteiger partial charge in [0.1, 0.15) is 17.5 Å². The number of carbonyl (C=O) groups excluding carboxylic acids is 2. The van der Waals surface area contributed by atoms with Crippen LogP contribution in [0.15, 0.2) is 11.4 Å². The fraction of sp³-hybridized carbons (Fsp3) is 0.583. The second-order valence-electron chi connectivity index (χ2n) is 4.96. The molecule has 2 rings (SSSR count). The standard InChI is InChI=1S/C12H16ClN5O3/c13-9-5-15-10(18(9)7-11(19)16-21)1-2-12(20)17-4-3-8(14)6-17/h5,8H,1-4,6-7,14H2/t8-/m0/s1. The molecule has 2 amide bonds. The van der Waals surface area contributed by atoms with Crippen LogP contribution in [-0.4, -0.2) is 45.4 Å². The first-order chi connectivity index (χ1) is 10.0. The van der Waals surface area contributed by atoms with Crippen molar-refractivity contribution in [2.24, 2.45) is 10.9 Å². The van der Waals surface area contributed by atoms with Crippen molar-refractivity contribution in [1.29, 1.82) is 0 Å². The second kappa shape index (κ2) is 6.77. The maximum absolute atomic E-state index is 12.0. The van der Waals surface area contributed by atoms with Gasteiger partial charge in [-0.05, 0) is 6.42 Å². The molecule has 0 radical (unpaired) electrons. The van der Waals surface area contributed by atoms with Crippen LogP contribution in [-0.2, 0) is 22.6 Å². The van der Waals surface area contributed by atoms with Crippen molar-refractivity contribution in [2.75, 3.05) is 13.1 Å². The van der Waals surface area contributed by atoms with Gasteiger partial charge in [-0.25, -0.2) is 4.98 Å². The SMILES string of the molecule is N[C@H]1CCN(C(=O)CCc2ncc(Cl)n2CC(=O)N=O)C1. The van der Waals surface area contributed by atoms with E-state index in [1.165, 1.54) is 10.8 Å². The van der Waals surface area contributed by atoms with Gasteiger partial charge in [0.25, 0.3) is 0 Å². The minimum Gasteiger partial charge on any atom is -0.341 e. The lowest BCUT2D eigenvalue weighted by Crippen LogP contribution is -2.32. The molecule has 9 heteroatoms. The predicted octanol–water partition coefficient (Wildman–Crippen LogP) is 0.322. The monoisotopic (exact) mass is 313 g/mol. The normalized spacial score (nSPS) is 18.0. The summed E-state index contributed by atoms with van der Waals surface area (Å²) in [7, 11) is 0. The summed E-state index contributed by atoms with van der Waals surface area (Å²) in [4.78, 5) is 39.1. The average molecular weight is 314 g/mol. The maximum Gasteiger partial charge on any atom is 0.305 e. The maximum atomic E-state index is 12.0. The number of nitrogens with two attached hydrogens (primary N) is 1. The molecule has 1 saturated heterocycles. The molecular formula is C12H16ClN5O3. The number of halogens is 1. The molecule has 0 aromatic carbocycles. The summed E-state index contributed by atoms with van der Waals surface area (Å²) < 4.78 is 1.38. The van der Waals surface area contributed by atoms with Crippen molar-refractivity contribution in [3.05, 3.63) is 22.1 Å². The summed E-state index contributed by atoms with van der Waals surface area (Å²) in [6.45, 7) is 0.977. The van der Waals surface area contributed by atoms with Gasteiger partial charge in [0, 0.05) is 37.1 Å². The van der Waals surface area contributed by atoms with Gasteiger partial charge >= 0.3 is 5.91 Å². The number of amides is 2. The third-order valence-corrected chi connectivity index (χ3v) is 3.73. The minimum atomic E-state index is -0.840. The number of nitrogens with zero attached hydrogens (tertiary/aromatic N) is 4. The molecule has 1 fully saturated rings. The van der Waals surface area contributed by atoms with E-state index in [0.29, 0.717) is 25.3 Å². The molecule has 1 aliphatic rings. The Morgan fingerprint density at radius 3 is 2.90 bits per heavy atom. The Kier molecular flexibility index (Phi) is 5.03. The van der Waals surface area contributed by atoms with Gasteiger partial charge in [0.2, 0.25) is 5.91 Å². The smallest absolute Gasteiger partial charge is 0.305 e. The number of likely N-dealkylation sites (tertiary alicyclic amines) is 1. The van der Waals surface area contributed by atoms with Crippen molar-refractivity contribution in [3.63, 3.8) is 0 Å². The highest BCUT2D eigenvalue weighted by Gasteiger charge is 2.23. The zero-order valence-corrected chi connectivity index (χ0v) is 12.1. The third kappa shape index (κ3) is 3.85. The molecule has 0 aliphatic carbocycles. The van der Waals surface area contributed by atoms with Crippen LogP contribution in [0.3, 0.4) is 0 Å². The highest BCUT2D eigenvalue weighted by atomic mass is 35.5. The predicted molar refractivity (Wildman–Crippen MR) is 75.5 cm³/mol. The van der Waals surface area contributed by atoms with E-state index in [1.54, 1.807) is 4.90 Å². The second-order valence-corrected chi connectivity index (χ2v) is 5.34. The molecule has 1 aliphatic heterocycles. The van der Waals surface area contributed by atoms with Crippen molar-refractivity contribution in [3.8, 4) is 0 Å². The van der Waals surface area contributed by atoms with Crippen LogP contribution in [0.25, 0.3) is 0 Å². The number of rotatable bonds is 5. The van der Waals surface area contributed by atoms with E-state index >= 15 is 0 Å². The van der Waals surface area contributed by atoms with E-state index in [9.17, 15) is 14.5 Å². The van der Waals surface area contributed by atoms with Crippen LogP contribution in [0.1, 0.15) is 18.7 Å². The number of carbonyl (C=O) groups is 2. The van der Waals surface area contributed by atoms with E-state index < -0.39 is 5.91 Å². The van der Waals surface area contributed by atoms with Crippen molar-refractivity contribution >= 4 is 23.4 Å². The Hall–Kier alpha value is -1.80. The molecule has 0 spiro atoms. The Bertz CT molecular complexity index is 559. The molecule has 21 heavy (non-hydrogen) atoms.